The second-order valence-corrected chi connectivity index (χ2v) is 17.5. The van der Waals surface area contributed by atoms with Crippen molar-refractivity contribution >= 4 is 11.9 Å². The van der Waals surface area contributed by atoms with E-state index in [9.17, 15) is 19.8 Å². The molecule has 0 rings (SSSR count). The summed E-state index contributed by atoms with van der Waals surface area (Å²) in [5.41, 5.74) is 0. The quantitative estimate of drug-likeness (QED) is 0.0323. The molecule has 2 unspecified atom stereocenters. The zero-order valence-electron chi connectivity index (χ0n) is 39.2. The van der Waals surface area contributed by atoms with E-state index in [4.69, 9.17) is 4.74 Å². The number of aliphatic hydroxyl groups excluding tert-OH is 2. The van der Waals surface area contributed by atoms with Crippen LogP contribution in [0.1, 0.15) is 264 Å². The van der Waals surface area contributed by atoms with E-state index in [0.717, 1.165) is 64.2 Å². The predicted octanol–water partition coefficient (Wildman–Crippen LogP) is 15.3. The van der Waals surface area contributed by atoms with Crippen molar-refractivity contribution in [3.8, 4) is 0 Å². The molecule has 0 aliphatic carbocycles. The molecule has 6 heteroatoms. The molecule has 59 heavy (non-hydrogen) atoms. The number of aliphatic hydroxyl groups is 2. The molecule has 0 bridgehead atoms. The average molecular weight is 830 g/mol. The van der Waals surface area contributed by atoms with Crippen molar-refractivity contribution in [1.82, 2.24) is 5.32 Å². The first kappa shape index (κ1) is 57.1. The van der Waals surface area contributed by atoms with Gasteiger partial charge in [0.05, 0.1) is 25.4 Å². The summed E-state index contributed by atoms with van der Waals surface area (Å²) in [6.45, 7) is 4.84. The highest BCUT2D eigenvalue weighted by Gasteiger charge is 2.18. The smallest absolute Gasteiger partial charge is 0.305 e. The molecular formula is C53H99NO5. The lowest BCUT2D eigenvalue weighted by Crippen LogP contribution is -2.45. The molecule has 0 spiro atoms. The van der Waals surface area contributed by atoms with Gasteiger partial charge in [0.25, 0.3) is 0 Å². The normalized spacial score (nSPS) is 12.9. The number of unbranched alkanes of at least 4 members (excludes halogenated alkanes) is 32. The zero-order chi connectivity index (χ0) is 43.0. The fourth-order valence-corrected chi connectivity index (χ4v) is 7.62. The van der Waals surface area contributed by atoms with Gasteiger partial charge in [-0.1, -0.05) is 204 Å². The Morgan fingerprint density at radius 1 is 0.458 bits per heavy atom. The van der Waals surface area contributed by atoms with Gasteiger partial charge in [0.2, 0.25) is 5.91 Å². The monoisotopic (exact) mass is 830 g/mol. The third-order valence-electron chi connectivity index (χ3n) is 11.6. The minimum Gasteiger partial charge on any atom is -0.466 e. The van der Waals surface area contributed by atoms with Crippen LogP contribution in [0, 0.1) is 0 Å². The Hall–Kier alpha value is -1.92. The molecular weight excluding hydrogens is 731 g/mol. The third-order valence-corrected chi connectivity index (χ3v) is 11.6. The SMILES string of the molecule is CCCCCCCC/C=C\CCCCCCCC(=O)OCCCCCCCCCCC/C=C\CCCCCCCC(=O)NC(CO)C(O)/C=C/CCCCCCCCC. The Balaban J connectivity index is 3.45. The molecule has 0 saturated carbocycles. The minimum absolute atomic E-state index is 0.00676. The van der Waals surface area contributed by atoms with Gasteiger partial charge in [0, 0.05) is 12.8 Å². The van der Waals surface area contributed by atoms with Crippen molar-refractivity contribution in [2.45, 2.75) is 276 Å². The van der Waals surface area contributed by atoms with Crippen molar-refractivity contribution in [2.75, 3.05) is 13.2 Å². The predicted molar refractivity (Wildman–Crippen MR) is 255 cm³/mol. The molecule has 0 saturated heterocycles. The topological polar surface area (TPSA) is 95.9 Å². The molecule has 6 nitrogen and oxygen atoms in total. The number of hydrogen-bond donors (Lipinski definition) is 3. The Morgan fingerprint density at radius 2 is 0.797 bits per heavy atom. The van der Waals surface area contributed by atoms with Gasteiger partial charge in [0.15, 0.2) is 0 Å². The van der Waals surface area contributed by atoms with Crippen molar-refractivity contribution < 1.29 is 24.5 Å². The first-order valence-corrected chi connectivity index (χ1v) is 25.8. The van der Waals surface area contributed by atoms with Crippen LogP contribution in [0.4, 0.5) is 0 Å². The molecule has 0 aliphatic rings. The minimum atomic E-state index is -0.851. The first-order valence-electron chi connectivity index (χ1n) is 25.8. The molecule has 3 N–H and O–H groups in total. The molecule has 2 atom stereocenters. The number of hydrogen-bond acceptors (Lipinski definition) is 5. The first-order chi connectivity index (χ1) is 29.0. The van der Waals surface area contributed by atoms with Gasteiger partial charge < -0.3 is 20.3 Å². The maximum atomic E-state index is 12.4. The summed E-state index contributed by atoms with van der Waals surface area (Å²) < 4.78 is 5.46. The van der Waals surface area contributed by atoms with Crippen LogP contribution in [-0.4, -0.2) is 47.4 Å². The molecule has 0 radical (unpaired) electrons. The third kappa shape index (κ3) is 45.4. The molecule has 0 heterocycles. The maximum Gasteiger partial charge on any atom is 0.305 e. The average Bonchev–Trinajstić information content (AvgIpc) is 3.24. The maximum absolute atomic E-state index is 12.4. The summed E-state index contributed by atoms with van der Waals surface area (Å²) in [4.78, 5) is 24.4. The molecule has 0 aromatic heterocycles. The van der Waals surface area contributed by atoms with Gasteiger partial charge in [-0.05, 0) is 83.5 Å². The highest BCUT2D eigenvalue weighted by Crippen LogP contribution is 2.14. The van der Waals surface area contributed by atoms with Crippen LogP contribution in [-0.2, 0) is 14.3 Å². The fraction of sp³-hybridized carbons (Fsp3) is 0.849. The van der Waals surface area contributed by atoms with Gasteiger partial charge in [-0.2, -0.15) is 0 Å². The van der Waals surface area contributed by atoms with Gasteiger partial charge in [-0.15, -0.1) is 0 Å². The largest absolute Gasteiger partial charge is 0.466 e. The van der Waals surface area contributed by atoms with Crippen molar-refractivity contribution in [3.05, 3.63) is 36.5 Å². The molecule has 1 amide bonds. The van der Waals surface area contributed by atoms with Gasteiger partial charge in [-0.3, -0.25) is 9.59 Å². The number of rotatable bonds is 47. The van der Waals surface area contributed by atoms with Crippen LogP contribution in [0.3, 0.4) is 0 Å². The molecule has 0 aromatic carbocycles. The Bertz CT molecular complexity index is 962. The van der Waals surface area contributed by atoms with Crippen LogP contribution in [0.25, 0.3) is 0 Å². The Morgan fingerprint density at radius 3 is 1.20 bits per heavy atom. The fourth-order valence-electron chi connectivity index (χ4n) is 7.62. The second-order valence-electron chi connectivity index (χ2n) is 17.5. The lowest BCUT2D eigenvalue weighted by Gasteiger charge is -2.20. The van der Waals surface area contributed by atoms with E-state index in [2.05, 4.69) is 43.5 Å². The number of esters is 1. The van der Waals surface area contributed by atoms with E-state index in [1.54, 1.807) is 6.08 Å². The lowest BCUT2D eigenvalue weighted by molar-refractivity contribution is -0.143. The van der Waals surface area contributed by atoms with Crippen molar-refractivity contribution in [3.63, 3.8) is 0 Å². The van der Waals surface area contributed by atoms with Gasteiger partial charge in [0.1, 0.15) is 0 Å². The number of carbonyl (C=O) groups is 2. The van der Waals surface area contributed by atoms with E-state index in [1.165, 1.54) is 173 Å². The van der Waals surface area contributed by atoms with Crippen LogP contribution in [0.2, 0.25) is 0 Å². The van der Waals surface area contributed by atoms with E-state index >= 15 is 0 Å². The van der Waals surface area contributed by atoms with E-state index in [1.807, 2.05) is 6.08 Å². The van der Waals surface area contributed by atoms with Crippen LogP contribution in [0.5, 0.6) is 0 Å². The Labute approximate surface area is 366 Å². The molecule has 0 fully saturated rings. The standard InChI is InChI=1S/C53H99NO5/c1-3-5-7-9-11-13-14-15-20-24-27-31-35-39-43-47-53(58)59-48-44-40-36-32-28-25-22-19-17-16-18-21-23-26-30-34-38-42-46-52(57)54-50(49-55)51(56)45-41-37-33-29-12-10-8-6-4-2/h15,18,20-21,41,45,50-51,55-56H,3-14,16-17,19,22-40,42-44,46-49H2,1-2H3,(H,54,57)/b20-15-,21-18-,45-41+. The summed E-state index contributed by atoms with van der Waals surface area (Å²) in [6, 6.07) is -0.636. The summed E-state index contributed by atoms with van der Waals surface area (Å²) >= 11 is 0. The summed E-state index contributed by atoms with van der Waals surface area (Å²) in [7, 11) is 0. The highest BCUT2D eigenvalue weighted by atomic mass is 16.5. The van der Waals surface area contributed by atoms with E-state index in [-0.39, 0.29) is 18.5 Å². The van der Waals surface area contributed by atoms with Crippen LogP contribution in [0.15, 0.2) is 36.5 Å². The summed E-state index contributed by atoms with van der Waals surface area (Å²) in [5, 5.41) is 22.9. The summed E-state index contributed by atoms with van der Waals surface area (Å²) in [5.74, 6) is -0.0929. The number of nitrogens with one attached hydrogen (secondary N) is 1. The zero-order valence-corrected chi connectivity index (χ0v) is 39.2. The molecule has 0 aliphatic heterocycles. The highest BCUT2D eigenvalue weighted by molar-refractivity contribution is 5.76. The number of allylic oxidation sites excluding steroid dienone is 5. The van der Waals surface area contributed by atoms with Gasteiger partial charge >= 0.3 is 5.97 Å². The van der Waals surface area contributed by atoms with E-state index < -0.39 is 12.1 Å². The van der Waals surface area contributed by atoms with Crippen LogP contribution < -0.4 is 5.32 Å². The number of amides is 1. The number of ether oxygens (including phenoxy) is 1. The van der Waals surface area contributed by atoms with Crippen LogP contribution >= 0.6 is 0 Å². The van der Waals surface area contributed by atoms with Crippen molar-refractivity contribution in [1.29, 1.82) is 0 Å². The summed E-state index contributed by atoms with van der Waals surface area (Å²) in [6.07, 6.45) is 58.7. The molecule has 0 aromatic rings. The van der Waals surface area contributed by atoms with Gasteiger partial charge in [-0.25, -0.2) is 0 Å². The second kappa shape index (κ2) is 48.7. The van der Waals surface area contributed by atoms with E-state index in [0.29, 0.717) is 19.4 Å². The lowest BCUT2D eigenvalue weighted by atomic mass is 10.1. The Kier molecular flexibility index (Phi) is 47.2. The molecule has 346 valence electrons. The number of carbonyl (C=O) groups excluding carboxylic acids is 2. The van der Waals surface area contributed by atoms with Crippen molar-refractivity contribution in [2.24, 2.45) is 0 Å².